The van der Waals surface area contributed by atoms with Crippen LogP contribution in [0.15, 0.2) is 23.3 Å². The monoisotopic (exact) mass is 318 g/mol. The molecular weight excluding hydrogens is 288 g/mol. The molecule has 4 atom stereocenters. The Morgan fingerprint density at radius 3 is 2.70 bits per heavy atom. The molecule has 23 heavy (non-hydrogen) atoms. The Morgan fingerprint density at radius 2 is 2.09 bits per heavy atom. The largest absolute Gasteiger partial charge is 0.478 e. The van der Waals surface area contributed by atoms with E-state index in [1.807, 2.05) is 13.0 Å². The molecule has 1 saturated carbocycles. The number of rotatable bonds is 4. The minimum atomic E-state index is -0.874. The zero-order valence-corrected chi connectivity index (χ0v) is 15.1. The van der Waals surface area contributed by atoms with E-state index in [4.69, 9.17) is 5.11 Å². The molecule has 0 amide bonds. The molecule has 0 aliphatic heterocycles. The van der Waals surface area contributed by atoms with Gasteiger partial charge < -0.3 is 5.11 Å². The summed E-state index contributed by atoms with van der Waals surface area (Å²) in [4.78, 5) is 23.0. The highest BCUT2D eigenvalue weighted by molar-refractivity contribution is 5.92. The van der Waals surface area contributed by atoms with E-state index >= 15 is 0 Å². The van der Waals surface area contributed by atoms with Gasteiger partial charge in [-0.05, 0) is 68.3 Å². The number of carboxylic acids is 1. The standard InChI is InChI=1S/C20H30O3/c1-13(10-18(22)23)6-8-19(4)14(2)7-9-20(5)15(3)11-16(21)12-17(19)20/h10-11,14,17H,6-9,12H2,1-5H3,(H,22,23)/b13-10-/t14-,17+,19+,20+/m1/s1. The van der Waals surface area contributed by atoms with Crippen molar-refractivity contribution in [2.24, 2.45) is 22.7 Å². The van der Waals surface area contributed by atoms with Crippen LogP contribution in [0.1, 0.15) is 66.7 Å². The third-order valence-corrected chi connectivity index (χ3v) is 6.90. The molecule has 1 N–H and O–H groups in total. The normalized spacial score (nSPS) is 38.0. The molecule has 3 nitrogen and oxygen atoms in total. The summed E-state index contributed by atoms with van der Waals surface area (Å²) in [6.07, 6.45) is 7.85. The van der Waals surface area contributed by atoms with Crippen LogP contribution in [0.25, 0.3) is 0 Å². The number of carbonyl (C=O) groups is 2. The van der Waals surface area contributed by atoms with Gasteiger partial charge in [-0.15, -0.1) is 0 Å². The fourth-order valence-electron chi connectivity index (χ4n) is 4.86. The van der Waals surface area contributed by atoms with Gasteiger partial charge in [0.2, 0.25) is 0 Å². The Labute approximate surface area is 139 Å². The van der Waals surface area contributed by atoms with Crippen molar-refractivity contribution in [2.45, 2.75) is 66.7 Å². The molecule has 0 saturated heterocycles. The van der Waals surface area contributed by atoms with Gasteiger partial charge in [0, 0.05) is 12.5 Å². The van der Waals surface area contributed by atoms with Crippen LogP contribution in [-0.4, -0.2) is 16.9 Å². The first-order valence-corrected chi connectivity index (χ1v) is 8.71. The van der Waals surface area contributed by atoms with Crippen LogP contribution in [-0.2, 0) is 9.59 Å². The fraction of sp³-hybridized carbons (Fsp3) is 0.700. The Bertz CT molecular complexity index is 571. The average Bonchev–Trinajstić information content (AvgIpc) is 2.44. The van der Waals surface area contributed by atoms with Crippen LogP contribution < -0.4 is 0 Å². The first kappa shape index (κ1) is 18.0. The molecule has 3 heteroatoms. The van der Waals surface area contributed by atoms with Gasteiger partial charge >= 0.3 is 5.97 Å². The van der Waals surface area contributed by atoms with Gasteiger partial charge in [-0.2, -0.15) is 0 Å². The maximum Gasteiger partial charge on any atom is 0.328 e. The van der Waals surface area contributed by atoms with Crippen molar-refractivity contribution in [1.82, 2.24) is 0 Å². The van der Waals surface area contributed by atoms with Crippen LogP contribution in [0.2, 0.25) is 0 Å². The molecule has 0 radical (unpaired) electrons. The molecule has 0 unspecified atom stereocenters. The van der Waals surface area contributed by atoms with Crippen molar-refractivity contribution in [2.75, 3.05) is 0 Å². The average molecular weight is 318 g/mol. The lowest BCUT2D eigenvalue weighted by molar-refractivity contribution is -0.131. The molecule has 128 valence electrons. The Kier molecular flexibility index (Phi) is 4.89. The third kappa shape index (κ3) is 3.29. The van der Waals surface area contributed by atoms with Crippen LogP contribution in [0.4, 0.5) is 0 Å². The van der Waals surface area contributed by atoms with Crippen molar-refractivity contribution in [1.29, 1.82) is 0 Å². The maximum absolute atomic E-state index is 12.2. The summed E-state index contributed by atoms with van der Waals surface area (Å²) in [7, 11) is 0. The first-order valence-electron chi connectivity index (χ1n) is 8.71. The highest BCUT2D eigenvalue weighted by Gasteiger charge is 2.54. The summed E-state index contributed by atoms with van der Waals surface area (Å²) in [5.74, 6) is 0.287. The van der Waals surface area contributed by atoms with Gasteiger partial charge in [0.15, 0.2) is 5.78 Å². The van der Waals surface area contributed by atoms with Gasteiger partial charge in [0.1, 0.15) is 0 Å². The number of carboxylic acid groups (broad SMARTS) is 1. The second kappa shape index (κ2) is 6.26. The number of allylic oxidation sites excluding steroid dienone is 3. The molecular formula is C20H30O3. The summed E-state index contributed by atoms with van der Waals surface area (Å²) in [5.41, 5.74) is 2.33. The van der Waals surface area contributed by atoms with E-state index in [-0.39, 0.29) is 16.6 Å². The highest BCUT2D eigenvalue weighted by Crippen LogP contribution is 2.61. The summed E-state index contributed by atoms with van der Waals surface area (Å²) >= 11 is 0. The van der Waals surface area contributed by atoms with Gasteiger partial charge in [0.05, 0.1) is 0 Å². The lowest BCUT2D eigenvalue weighted by atomic mass is 9.47. The lowest BCUT2D eigenvalue weighted by Crippen LogP contribution is -2.50. The van der Waals surface area contributed by atoms with E-state index in [0.717, 1.165) is 24.8 Å². The zero-order chi connectivity index (χ0) is 17.4. The van der Waals surface area contributed by atoms with Crippen molar-refractivity contribution in [3.8, 4) is 0 Å². The SMILES string of the molecule is CC1=CC(=O)C[C@H]2[C@@](C)(CC/C(C)=C\C(=O)O)[C@H](C)CC[C@@]12C. The molecule has 0 spiro atoms. The van der Waals surface area contributed by atoms with Crippen molar-refractivity contribution in [3.63, 3.8) is 0 Å². The molecule has 2 rings (SSSR count). The van der Waals surface area contributed by atoms with E-state index < -0.39 is 5.97 Å². The van der Waals surface area contributed by atoms with Crippen LogP contribution in [0.3, 0.4) is 0 Å². The predicted molar refractivity (Wildman–Crippen MR) is 92.1 cm³/mol. The van der Waals surface area contributed by atoms with Gasteiger partial charge in [-0.25, -0.2) is 4.79 Å². The molecule has 0 heterocycles. The summed E-state index contributed by atoms with van der Waals surface area (Å²) in [6, 6.07) is 0. The van der Waals surface area contributed by atoms with Gasteiger partial charge in [-0.1, -0.05) is 31.9 Å². The molecule has 2 aliphatic carbocycles. The van der Waals surface area contributed by atoms with Crippen LogP contribution in [0.5, 0.6) is 0 Å². The molecule has 2 aliphatic rings. The summed E-state index contributed by atoms with van der Waals surface area (Å²) in [5, 5.41) is 8.91. The molecule has 0 aromatic carbocycles. The lowest BCUT2D eigenvalue weighted by Gasteiger charge is -2.57. The fourth-order valence-corrected chi connectivity index (χ4v) is 4.86. The summed E-state index contributed by atoms with van der Waals surface area (Å²) < 4.78 is 0. The van der Waals surface area contributed by atoms with Crippen molar-refractivity contribution in [3.05, 3.63) is 23.3 Å². The van der Waals surface area contributed by atoms with Crippen LogP contribution in [0, 0.1) is 22.7 Å². The quantitative estimate of drug-likeness (QED) is 0.759. The minimum Gasteiger partial charge on any atom is -0.478 e. The van der Waals surface area contributed by atoms with Crippen LogP contribution >= 0.6 is 0 Å². The Balaban J connectivity index is 2.29. The Hall–Kier alpha value is -1.38. The van der Waals surface area contributed by atoms with E-state index in [2.05, 4.69) is 27.7 Å². The van der Waals surface area contributed by atoms with Crippen molar-refractivity contribution < 1.29 is 14.7 Å². The number of aliphatic carboxylic acids is 1. The van der Waals surface area contributed by atoms with Gasteiger partial charge in [0.25, 0.3) is 0 Å². The smallest absolute Gasteiger partial charge is 0.328 e. The number of hydrogen-bond donors (Lipinski definition) is 1. The topological polar surface area (TPSA) is 54.4 Å². The predicted octanol–water partition coefficient (Wildman–Crippen LogP) is 4.78. The molecule has 0 aromatic rings. The first-order chi connectivity index (χ1) is 10.6. The minimum absolute atomic E-state index is 0.0752. The Morgan fingerprint density at radius 1 is 1.43 bits per heavy atom. The maximum atomic E-state index is 12.2. The molecule has 0 aromatic heterocycles. The number of fused-ring (bicyclic) bond motifs is 1. The number of ketones is 1. The van der Waals surface area contributed by atoms with E-state index in [0.29, 0.717) is 18.3 Å². The second-order valence-corrected chi connectivity index (χ2v) is 8.24. The van der Waals surface area contributed by atoms with E-state index in [1.165, 1.54) is 18.1 Å². The number of carbonyl (C=O) groups excluding carboxylic acids is 1. The molecule has 0 bridgehead atoms. The zero-order valence-electron chi connectivity index (χ0n) is 15.1. The number of hydrogen-bond acceptors (Lipinski definition) is 2. The summed E-state index contributed by atoms with van der Waals surface area (Å²) in [6.45, 7) is 10.9. The second-order valence-electron chi connectivity index (χ2n) is 8.24. The van der Waals surface area contributed by atoms with Crippen molar-refractivity contribution >= 4 is 11.8 Å². The van der Waals surface area contributed by atoms with Gasteiger partial charge in [-0.3, -0.25) is 4.79 Å². The van der Waals surface area contributed by atoms with E-state index in [1.54, 1.807) is 0 Å². The molecule has 1 fully saturated rings. The van der Waals surface area contributed by atoms with E-state index in [9.17, 15) is 9.59 Å². The third-order valence-electron chi connectivity index (χ3n) is 6.90. The highest BCUT2D eigenvalue weighted by atomic mass is 16.4.